The first-order valence-corrected chi connectivity index (χ1v) is 16.3. The minimum atomic E-state index is -0.108. The van der Waals surface area contributed by atoms with Gasteiger partial charge in [0, 0.05) is 32.4 Å². The quantitative estimate of drug-likeness (QED) is 0.311. The topological polar surface area (TPSA) is 57.6 Å². The lowest BCUT2D eigenvalue weighted by Crippen LogP contribution is -2.57. The van der Waals surface area contributed by atoms with E-state index in [9.17, 15) is 14.7 Å². The first-order valence-electron chi connectivity index (χ1n) is 16.3. The summed E-state index contributed by atoms with van der Waals surface area (Å²) in [7, 11) is 0. The smallest absolute Gasteiger partial charge is 0.222 e. The molecule has 4 saturated carbocycles. The van der Waals surface area contributed by atoms with Crippen LogP contribution in [-0.4, -0.2) is 40.9 Å². The van der Waals surface area contributed by atoms with Crippen molar-refractivity contribution < 1.29 is 14.7 Å². The largest absolute Gasteiger partial charge is 0.393 e. The first kappa shape index (κ1) is 27.7. The molecule has 0 unspecified atom stereocenters. The zero-order valence-electron chi connectivity index (χ0n) is 24.0. The highest BCUT2D eigenvalue weighted by molar-refractivity contribution is 5.79. The molecule has 5 rings (SSSR count). The maximum Gasteiger partial charge on any atom is 0.222 e. The van der Waals surface area contributed by atoms with Crippen LogP contribution in [0.25, 0.3) is 0 Å². The van der Waals surface area contributed by atoms with Gasteiger partial charge in [0.2, 0.25) is 5.91 Å². The number of fused-ring (bicyclic) bond motifs is 5. The Hall–Kier alpha value is -0.900. The van der Waals surface area contributed by atoms with Crippen LogP contribution in [0.5, 0.6) is 0 Å². The van der Waals surface area contributed by atoms with Crippen LogP contribution in [0.4, 0.5) is 0 Å². The molecule has 210 valence electrons. The molecule has 5 aliphatic rings. The summed E-state index contributed by atoms with van der Waals surface area (Å²) in [4.78, 5) is 26.7. The molecule has 1 saturated heterocycles. The van der Waals surface area contributed by atoms with Crippen molar-refractivity contribution in [3.63, 3.8) is 0 Å². The molecular weight excluding hydrogens is 458 g/mol. The molecule has 0 bridgehead atoms. The number of aliphatic hydroxyl groups excluding tert-OH is 1. The van der Waals surface area contributed by atoms with Gasteiger partial charge in [-0.15, -0.1) is 0 Å². The van der Waals surface area contributed by atoms with E-state index >= 15 is 0 Å². The van der Waals surface area contributed by atoms with Gasteiger partial charge in [-0.1, -0.05) is 58.8 Å². The Balaban J connectivity index is 1.09. The van der Waals surface area contributed by atoms with Gasteiger partial charge in [0.15, 0.2) is 0 Å². The van der Waals surface area contributed by atoms with E-state index in [2.05, 4.69) is 18.7 Å². The monoisotopic (exact) mass is 513 g/mol. The minimum absolute atomic E-state index is 0.108. The van der Waals surface area contributed by atoms with Gasteiger partial charge in [0.25, 0.3) is 0 Å². The molecule has 0 aromatic heterocycles. The Morgan fingerprint density at radius 3 is 2.32 bits per heavy atom. The number of rotatable bonds is 10. The van der Waals surface area contributed by atoms with Crippen LogP contribution in [0.15, 0.2) is 0 Å². The number of amides is 1. The number of aliphatic hydroxyl groups is 1. The SMILES string of the molecule is C[C@]12CCC(=O)C[C@@H]1C[C@@H](CCCCCCCCCC(=O)N1CCCC1)[C@@H]1[C@@H]2CC[C@]2(C)[C@@H](O)CC[C@@H]12. The van der Waals surface area contributed by atoms with Crippen molar-refractivity contribution in [2.24, 2.45) is 40.4 Å². The third-order valence-corrected chi connectivity index (χ3v) is 12.5. The Kier molecular flexibility index (Phi) is 8.74. The molecule has 4 nitrogen and oxygen atoms in total. The summed E-state index contributed by atoms with van der Waals surface area (Å²) >= 11 is 0. The molecule has 0 radical (unpaired) electrons. The molecule has 4 aliphatic carbocycles. The van der Waals surface area contributed by atoms with Crippen molar-refractivity contribution in [1.29, 1.82) is 0 Å². The molecule has 1 amide bonds. The zero-order chi connectivity index (χ0) is 26.0. The second-order valence-corrected chi connectivity index (χ2v) is 14.5. The number of ketones is 1. The highest BCUT2D eigenvalue weighted by Crippen LogP contribution is 2.67. The standard InChI is InChI=1S/C33H55NO3/c1-32-18-16-26(35)23-25(32)22-24(31-27-14-15-29(36)33(27,2)19-17-28(31)32)12-8-6-4-3-5-7-9-13-30(37)34-20-10-11-21-34/h24-25,27-29,31,36H,3-23H2,1-2H3/t24-,25+,27+,28+,29+,31+,32+,33+/m1/s1. The second-order valence-electron chi connectivity index (χ2n) is 14.5. The molecular formula is C33H55NO3. The van der Waals surface area contributed by atoms with E-state index in [1.165, 1.54) is 83.5 Å². The Morgan fingerprint density at radius 1 is 0.892 bits per heavy atom. The summed E-state index contributed by atoms with van der Waals surface area (Å²) in [5.74, 6) is 4.45. The minimum Gasteiger partial charge on any atom is -0.393 e. The molecule has 0 spiro atoms. The number of hydrogen-bond donors (Lipinski definition) is 1. The van der Waals surface area contributed by atoms with E-state index < -0.39 is 0 Å². The average molecular weight is 514 g/mol. The number of Topliss-reactive ketones (excluding diaryl/α,β-unsaturated/α-hetero) is 1. The highest BCUT2D eigenvalue weighted by Gasteiger charge is 2.62. The summed E-state index contributed by atoms with van der Waals surface area (Å²) in [6.07, 6.45) is 21.8. The van der Waals surface area contributed by atoms with Gasteiger partial charge in [-0.25, -0.2) is 0 Å². The molecule has 5 fully saturated rings. The van der Waals surface area contributed by atoms with Gasteiger partial charge < -0.3 is 10.0 Å². The highest BCUT2D eigenvalue weighted by atomic mass is 16.3. The van der Waals surface area contributed by atoms with Crippen molar-refractivity contribution in [1.82, 2.24) is 4.90 Å². The van der Waals surface area contributed by atoms with E-state index in [-0.39, 0.29) is 11.5 Å². The normalized spacial score (nSPS) is 41.4. The fraction of sp³-hybridized carbons (Fsp3) is 0.939. The molecule has 8 atom stereocenters. The first-order chi connectivity index (χ1) is 17.8. The number of hydrogen-bond acceptors (Lipinski definition) is 3. The maximum atomic E-state index is 12.5. The maximum absolute atomic E-state index is 12.5. The lowest BCUT2D eigenvalue weighted by atomic mass is 9.42. The van der Waals surface area contributed by atoms with E-state index in [1.807, 2.05) is 0 Å². The van der Waals surface area contributed by atoms with Crippen LogP contribution in [-0.2, 0) is 9.59 Å². The van der Waals surface area contributed by atoms with E-state index in [4.69, 9.17) is 0 Å². The summed E-state index contributed by atoms with van der Waals surface area (Å²) in [5, 5.41) is 10.9. The Morgan fingerprint density at radius 2 is 1.57 bits per heavy atom. The zero-order valence-corrected chi connectivity index (χ0v) is 24.0. The fourth-order valence-electron chi connectivity index (χ4n) is 10.2. The number of unbranched alkanes of at least 4 members (excludes halogenated alkanes) is 6. The Labute approximate surface area is 226 Å². The lowest BCUT2D eigenvalue weighted by Gasteiger charge is -2.62. The van der Waals surface area contributed by atoms with Crippen LogP contribution in [0.2, 0.25) is 0 Å². The summed E-state index contributed by atoms with van der Waals surface area (Å²) in [6.45, 7) is 6.92. The van der Waals surface area contributed by atoms with Crippen LogP contribution in [0.3, 0.4) is 0 Å². The third kappa shape index (κ3) is 5.57. The fourth-order valence-corrected chi connectivity index (χ4v) is 10.2. The number of carbonyl (C=O) groups excluding carboxylic acids is 2. The summed E-state index contributed by atoms with van der Waals surface area (Å²) in [6, 6.07) is 0. The van der Waals surface area contributed by atoms with E-state index in [0.717, 1.165) is 69.4 Å². The van der Waals surface area contributed by atoms with Gasteiger partial charge in [0.1, 0.15) is 5.78 Å². The van der Waals surface area contributed by atoms with E-state index in [0.29, 0.717) is 28.9 Å². The van der Waals surface area contributed by atoms with Crippen LogP contribution in [0.1, 0.15) is 136 Å². The predicted octanol–water partition coefficient (Wildman–Crippen LogP) is 7.32. The van der Waals surface area contributed by atoms with Crippen molar-refractivity contribution in [3.05, 3.63) is 0 Å². The van der Waals surface area contributed by atoms with Gasteiger partial charge >= 0.3 is 0 Å². The van der Waals surface area contributed by atoms with Crippen LogP contribution in [0, 0.1) is 40.4 Å². The molecule has 1 aliphatic heterocycles. The van der Waals surface area contributed by atoms with Gasteiger partial charge in [-0.05, 0) is 98.2 Å². The number of likely N-dealkylation sites (tertiary alicyclic amines) is 1. The predicted molar refractivity (Wildman–Crippen MR) is 149 cm³/mol. The third-order valence-electron chi connectivity index (χ3n) is 12.5. The summed E-state index contributed by atoms with van der Waals surface area (Å²) in [5.41, 5.74) is 0.476. The molecule has 4 heteroatoms. The average Bonchev–Trinajstić information content (AvgIpc) is 3.52. The van der Waals surface area contributed by atoms with Crippen LogP contribution >= 0.6 is 0 Å². The van der Waals surface area contributed by atoms with Crippen molar-refractivity contribution in [3.8, 4) is 0 Å². The molecule has 0 aromatic carbocycles. The van der Waals surface area contributed by atoms with E-state index in [1.54, 1.807) is 0 Å². The van der Waals surface area contributed by atoms with Crippen molar-refractivity contribution >= 4 is 11.7 Å². The second kappa shape index (κ2) is 11.7. The molecule has 1 heterocycles. The van der Waals surface area contributed by atoms with Crippen LogP contribution < -0.4 is 0 Å². The van der Waals surface area contributed by atoms with Gasteiger partial charge in [-0.3, -0.25) is 9.59 Å². The Bertz CT molecular complexity index is 805. The lowest BCUT2D eigenvalue weighted by molar-refractivity contribution is -0.156. The van der Waals surface area contributed by atoms with Crippen molar-refractivity contribution in [2.45, 2.75) is 142 Å². The summed E-state index contributed by atoms with van der Waals surface area (Å²) < 4.78 is 0. The molecule has 37 heavy (non-hydrogen) atoms. The number of nitrogens with zero attached hydrogens (tertiary/aromatic N) is 1. The molecule has 0 aromatic rings. The van der Waals surface area contributed by atoms with Crippen molar-refractivity contribution in [2.75, 3.05) is 13.1 Å². The van der Waals surface area contributed by atoms with Gasteiger partial charge in [-0.2, -0.15) is 0 Å². The van der Waals surface area contributed by atoms with Gasteiger partial charge in [0.05, 0.1) is 6.10 Å². The molecule has 1 N–H and O–H groups in total. The number of carbonyl (C=O) groups is 2.